The van der Waals surface area contributed by atoms with Crippen LogP contribution in [0, 0.1) is 0 Å². The molecular weight excluding hydrogens is 438 g/mol. The fourth-order valence-electron chi connectivity index (χ4n) is 4.30. The molecular formula is C26H25NO7. The fourth-order valence-corrected chi connectivity index (χ4v) is 4.30. The number of rotatable bonds is 8. The van der Waals surface area contributed by atoms with Gasteiger partial charge in [-0.15, -0.1) is 0 Å². The van der Waals surface area contributed by atoms with E-state index >= 15 is 0 Å². The third-order valence-electron chi connectivity index (χ3n) is 5.95. The number of aliphatic hydroxyl groups is 1. The van der Waals surface area contributed by atoms with Crippen LogP contribution >= 0.6 is 0 Å². The molecule has 2 atom stereocenters. The van der Waals surface area contributed by atoms with Crippen molar-refractivity contribution >= 4 is 12.1 Å². The second-order valence-electron chi connectivity index (χ2n) is 7.85. The number of carbonyl (C=O) groups excluding carboxylic acids is 1. The molecule has 0 heterocycles. The lowest BCUT2D eigenvalue weighted by molar-refractivity contribution is -0.148. The number of carboxylic acid groups (broad SMARTS) is 1. The van der Waals surface area contributed by atoms with Crippen LogP contribution in [0.2, 0.25) is 0 Å². The van der Waals surface area contributed by atoms with E-state index in [-0.39, 0.29) is 12.5 Å². The van der Waals surface area contributed by atoms with Gasteiger partial charge < -0.3 is 29.7 Å². The number of alkyl carbamates (subject to hydrolysis) is 1. The number of fused-ring (bicyclic) bond motifs is 3. The molecule has 3 aromatic rings. The van der Waals surface area contributed by atoms with Crippen molar-refractivity contribution in [3.05, 3.63) is 83.4 Å². The summed E-state index contributed by atoms with van der Waals surface area (Å²) in [6.45, 7) is 0.0572. The van der Waals surface area contributed by atoms with Gasteiger partial charge in [0, 0.05) is 5.92 Å². The lowest BCUT2D eigenvalue weighted by atomic mass is 9.98. The zero-order valence-corrected chi connectivity index (χ0v) is 18.7. The number of hydrogen-bond acceptors (Lipinski definition) is 6. The molecule has 8 heteroatoms. The van der Waals surface area contributed by atoms with E-state index in [0.717, 1.165) is 22.3 Å². The molecule has 3 aromatic carbocycles. The van der Waals surface area contributed by atoms with E-state index in [2.05, 4.69) is 5.32 Å². The Kier molecular flexibility index (Phi) is 6.70. The highest BCUT2D eigenvalue weighted by Gasteiger charge is 2.32. The van der Waals surface area contributed by atoms with Crippen LogP contribution in [0.15, 0.2) is 66.7 Å². The molecule has 34 heavy (non-hydrogen) atoms. The number of carboxylic acids is 1. The van der Waals surface area contributed by atoms with Gasteiger partial charge in [0.15, 0.2) is 17.6 Å². The quantitative estimate of drug-likeness (QED) is 0.466. The molecule has 8 nitrogen and oxygen atoms in total. The van der Waals surface area contributed by atoms with Crippen LogP contribution < -0.4 is 14.8 Å². The third-order valence-corrected chi connectivity index (χ3v) is 5.95. The molecule has 1 aliphatic carbocycles. The Morgan fingerprint density at radius 3 is 2.06 bits per heavy atom. The van der Waals surface area contributed by atoms with Crippen molar-refractivity contribution in [1.29, 1.82) is 0 Å². The average Bonchev–Trinajstić information content (AvgIpc) is 3.18. The number of ether oxygens (including phenoxy) is 3. The van der Waals surface area contributed by atoms with Crippen LogP contribution in [0.25, 0.3) is 11.1 Å². The highest BCUT2D eigenvalue weighted by atomic mass is 16.5. The third kappa shape index (κ3) is 4.40. The highest BCUT2D eigenvalue weighted by Crippen LogP contribution is 2.44. The molecule has 0 aromatic heterocycles. The number of amides is 1. The van der Waals surface area contributed by atoms with E-state index < -0.39 is 24.2 Å². The summed E-state index contributed by atoms with van der Waals surface area (Å²) in [5.41, 5.74) is 4.62. The number of aliphatic carboxylic acids is 1. The summed E-state index contributed by atoms with van der Waals surface area (Å²) in [6.07, 6.45) is -2.75. The van der Waals surface area contributed by atoms with Crippen molar-refractivity contribution in [2.24, 2.45) is 0 Å². The van der Waals surface area contributed by atoms with Gasteiger partial charge in [-0.05, 0) is 39.9 Å². The zero-order valence-electron chi connectivity index (χ0n) is 18.7. The minimum atomic E-state index is -1.90. The van der Waals surface area contributed by atoms with Crippen molar-refractivity contribution in [3.8, 4) is 22.6 Å². The highest BCUT2D eigenvalue weighted by molar-refractivity contribution is 5.79. The SMILES string of the molecule is COc1ccc(C(NC(=O)OCC2c3ccccc3-c3ccccc32)C(O)C(=O)O)cc1OC. The molecule has 3 N–H and O–H groups in total. The Morgan fingerprint density at radius 2 is 1.50 bits per heavy atom. The molecule has 0 bridgehead atoms. The number of hydrogen-bond donors (Lipinski definition) is 3. The molecule has 176 valence electrons. The number of nitrogens with one attached hydrogen (secondary N) is 1. The molecule has 2 unspecified atom stereocenters. The minimum Gasteiger partial charge on any atom is -0.493 e. The second kappa shape index (κ2) is 9.84. The summed E-state index contributed by atoms with van der Waals surface area (Å²) in [6, 6.07) is 19.2. The summed E-state index contributed by atoms with van der Waals surface area (Å²) >= 11 is 0. The van der Waals surface area contributed by atoms with Crippen molar-refractivity contribution in [2.45, 2.75) is 18.1 Å². The largest absolute Gasteiger partial charge is 0.493 e. The molecule has 0 aliphatic heterocycles. The fraction of sp³-hybridized carbons (Fsp3) is 0.231. The van der Waals surface area contributed by atoms with E-state index in [9.17, 15) is 19.8 Å². The lowest BCUT2D eigenvalue weighted by Gasteiger charge is -2.23. The number of aliphatic hydroxyl groups excluding tert-OH is 1. The van der Waals surface area contributed by atoms with Gasteiger partial charge in [0.1, 0.15) is 6.61 Å². The number of carbonyl (C=O) groups is 2. The number of methoxy groups -OCH3 is 2. The second-order valence-corrected chi connectivity index (χ2v) is 7.85. The van der Waals surface area contributed by atoms with E-state index in [1.807, 2.05) is 48.5 Å². The Labute approximate surface area is 196 Å². The summed E-state index contributed by atoms with van der Waals surface area (Å²) in [7, 11) is 2.90. The molecule has 4 rings (SSSR count). The van der Waals surface area contributed by atoms with Gasteiger partial charge in [0.2, 0.25) is 0 Å². The first kappa shape index (κ1) is 23.1. The van der Waals surface area contributed by atoms with Gasteiger partial charge in [-0.2, -0.15) is 0 Å². The van der Waals surface area contributed by atoms with Crippen molar-refractivity contribution in [2.75, 3.05) is 20.8 Å². The van der Waals surface area contributed by atoms with E-state index in [1.54, 1.807) is 12.1 Å². The van der Waals surface area contributed by atoms with Crippen molar-refractivity contribution in [3.63, 3.8) is 0 Å². The van der Waals surface area contributed by atoms with E-state index in [1.165, 1.54) is 20.3 Å². The van der Waals surface area contributed by atoms with Gasteiger partial charge in [-0.25, -0.2) is 9.59 Å². The van der Waals surface area contributed by atoms with Gasteiger partial charge in [-0.1, -0.05) is 54.6 Å². The number of benzene rings is 3. The zero-order chi connectivity index (χ0) is 24.2. The summed E-state index contributed by atoms with van der Waals surface area (Å²) < 4.78 is 16.0. The molecule has 1 aliphatic rings. The Morgan fingerprint density at radius 1 is 0.912 bits per heavy atom. The van der Waals surface area contributed by atoms with Gasteiger partial charge in [0.25, 0.3) is 0 Å². The molecule has 0 saturated carbocycles. The molecule has 0 spiro atoms. The summed E-state index contributed by atoms with van der Waals surface area (Å²) in [5.74, 6) is -0.881. The Hall–Kier alpha value is -4.04. The van der Waals surface area contributed by atoms with Crippen LogP contribution in [0.5, 0.6) is 11.5 Å². The summed E-state index contributed by atoms with van der Waals surface area (Å²) in [4.78, 5) is 24.2. The van der Waals surface area contributed by atoms with Crippen LogP contribution in [-0.4, -0.2) is 49.2 Å². The average molecular weight is 463 g/mol. The molecule has 0 fully saturated rings. The van der Waals surface area contributed by atoms with E-state index in [4.69, 9.17) is 14.2 Å². The van der Waals surface area contributed by atoms with Crippen LogP contribution in [0.1, 0.15) is 28.7 Å². The summed E-state index contributed by atoms with van der Waals surface area (Å²) in [5, 5.41) is 22.1. The van der Waals surface area contributed by atoms with Gasteiger partial charge >= 0.3 is 12.1 Å². The topological polar surface area (TPSA) is 114 Å². The van der Waals surface area contributed by atoms with Gasteiger partial charge in [0.05, 0.1) is 20.3 Å². The first-order valence-corrected chi connectivity index (χ1v) is 10.7. The minimum absolute atomic E-state index is 0.0572. The van der Waals surface area contributed by atoms with Gasteiger partial charge in [-0.3, -0.25) is 0 Å². The lowest BCUT2D eigenvalue weighted by Crippen LogP contribution is -2.40. The smallest absolute Gasteiger partial charge is 0.407 e. The first-order chi connectivity index (χ1) is 16.4. The van der Waals surface area contributed by atoms with Crippen LogP contribution in [-0.2, 0) is 9.53 Å². The maximum absolute atomic E-state index is 12.7. The predicted molar refractivity (Wildman–Crippen MR) is 124 cm³/mol. The predicted octanol–water partition coefficient (Wildman–Crippen LogP) is 3.73. The van der Waals surface area contributed by atoms with Crippen molar-refractivity contribution in [1.82, 2.24) is 5.32 Å². The maximum atomic E-state index is 12.7. The Bertz CT molecular complexity index is 1160. The maximum Gasteiger partial charge on any atom is 0.407 e. The molecule has 0 radical (unpaired) electrons. The van der Waals surface area contributed by atoms with Crippen LogP contribution in [0.3, 0.4) is 0 Å². The van der Waals surface area contributed by atoms with Crippen LogP contribution in [0.4, 0.5) is 4.79 Å². The molecule has 1 amide bonds. The Balaban J connectivity index is 1.53. The van der Waals surface area contributed by atoms with Crippen molar-refractivity contribution < 1.29 is 34.0 Å². The standard InChI is InChI=1S/C26H25NO7/c1-32-21-12-11-15(13-22(21)33-2)23(24(28)25(29)30)27-26(31)34-14-20-18-9-5-3-7-16(18)17-8-4-6-10-19(17)20/h3-13,20,23-24,28H,14H2,1-2H3,(H,27,31)(H,29,30). The van der Waals surface area contributed by atoms with E-state index in [0.29, 0.717) is 17.1 Å². The first-order valence-electron chi connectivity index (χ1n) is 10.7. The molecule has 0 saturated heterocycles. The monoisotopic (exact) mass is 463 g/mol. The normalized spacial score (nSPS) is 13.9.